The number of rotatable bonds is 6. The Morgan fingerprint density at radius 1 is 1.38 bits per heavy atom. The van der Waals surface area contributed by atoms with Gasteiger partial charge in [-0.1, -0.05) is 35.7 Å². The molecular formula is C13H16BrClFNO3S. The van der Waals surface area contributed by atoms with E-state index in [1.165, 1.54) is 11.0 Å². The molecule has 1 aromatic rings. The van der Waals surface area contributed by atoms with Crippen molar-refractivity contribution in [1.82, 2.24) is 4.90 Å². The zero-order valence-electron chi connectivity index (χ0n) is 11.7. The van der Waals surface area contributed by atoms with Crippen molar-refractivity contribution in [1.29, 1.82) is 0 Å². The minimum Gasteiger partial charge on any atom is -0.342 e. The van der Waals surface area contributed by atoms with E-state index in [1.54, 1.807) is 7.05 Å². The molecule has 1 rings (SSSR count). The van der Waals surface area contributed by atoms with Gasteiger partial charge in [-0.2, -0.15) is 0 Å². The summed E-state index contributed by atoms with van der Waals surface area (Å²) >= 11 is 3.06. The molecule has 0 atom stereocenters. The van der Waals surface area contributed by atoms with Crippen molar-refractivity contribution in [2.45, 2.75) is 31.1 Å². The topological polar surface area (TPSA) is 54.5 Å². The molecule has 0 N–H and O–H groups in total. The van der Waals surface area contributed by atoms with Gasteiger partial charge >= 0.3 is 0 Å². The van der Waals surface area contributed by atoms with Crippen LogP contribution < -0.4 is 0 Å². The number of hydrogen-bond acceptors (Lipinski definition) is 3. The van der Waals surface area contributed by atoms with E-state index < -0.39 is 25.7 Å². The third-order valence-electron chi connectivity index (χ3n) is 2.94. The monoisotopic (exact) mass is 399 g/mol. The van der Waals surface area contributed by atoms with Crippen molar-refractivity contribution in [3.63, 3.8) is 0 Å². The lowest BCUT2D eigenvalue weighted by Crippen LogP contribution is -2.29. The molecule has 0 heterocycles. The molecule has 0 radical (unpaired) electrons. The second-order valence-corrected chi connectivity index (χ2v) is 8.09. The number of unbranched alkanes of at least 4 members (excludes halogenated alkanes) is 2. The number of amides is 1. The van der Waals surface area contributed by atoms with Crippen LogP contribution >= 0.6 is 26.6 Å². The fraction of sp³-hybridized carbons (Fsp3) is 0.462. The highest BCUT2D eigenvalue weighted by molar-refractivity contribution is 9.10. The third-order valence-corrected chi connectivity index (χ3v) is 4.72. The first-order valence-electron chi connectivity index (χ1n) is 6.37. The van der Waals surface area contributed by atoms with Gasteiger partial charge in [-0.05, 0) is 18.6 Å². The highest BCUT2D eigenvalue weighted by Gasteiger charge is 2.25. The van der Waals surface area contributed by atoms with E-state index in [0.717, 1.165) is 25.3 Å². The molecule has 0 fully saturated rings. The quantitative estimate of drug-likeness (QED) is 0.539. The second kappa shape index (κ2) is 7.56. The Morgan fingerprint density at radius 3 is 2.52 bits per heavy atom. The van der Waals surface area contributed by atoms with Crippen LogP contribution in [0.15, 0.2) is 21.5 Å². The van der Waals surface area contributed by atoms with Crippen LogP contribution in [0.4, 0.5) is 4.39 Å². The summed E-state index contributed by atoms with van der Waals surface area (Å²) in [5.41, 5.74) is -0.317. The van der Waals surface area contributed by atoms with Gasteiger partial charge in [0.1, 0.15) is 4.90 Å². The van der Waals surface area contributed by atoms with Gasteiger partial charge < -0.3 is 4.90 Å². The third kappa shape index (κ3) is 4.93. The van der Waals surface area contributed by atoms with E-state index in [0.29, 0.717) is 6.54 Å². The molecule has 118 valence electrons. The Bertz CT molecular complexity index is 637. The van der Waals surface area contributed by atoms with Crippen LogP contribution in [0, 0.1) is 5.82 Å². The van der Waals surface area contributed by atoms with Crippen molar-refractivity contribution in [2.75, 3.05) is 13.6 Å². The van der Waals surface area contributed by atoms with Crippen LogP contribution in [0.2, 0.25) is 0 Å². The van der Waals surface area contributed by atoms with E-state index in [-0.39, 0.29) is 10.0 Å². The largest absolute Gasteiger partial charge is 0.342 e. The molecule has 0 saturated heterocycles. The van der Waals surface area contributed by atoms with E-state index in [2.05, 4.69) is 15.9 Å². The number of hydrogen-bond donors (Lipinski definition) is 0. The lowest BCUT2D eigenvalue weighted by Gasteiger charge is -2.18. The number of halogens is 3. The van der Waals surface area contributed by atoms with E-state index in [4.69, 9.17) is 10.7 Å². The van der Waals surface area contributed by atoms with E-state index in [9.17, 15) is 17.6 Å². The molecule has 8 heteroatoms. The first-order chi connectivity index (χ1) is 9.68. The Hall–Kier alpha value is -0.660. The minimum atomic E-state index is -4.26. The lowest BCUT2D eigenvalue weighted by atomic mass is 10.1. The molecule has 4 nitrogen and oxygen atoms in total. The van der Waals surface area contributed by atoms with Crippen LogP contribution in [-0.2, 0) is 9.05 Å². The normalized spacial score (nSPS) is 11.5. The smallest absolute Gasteiger partial charge is 0.264 e. The van der Waals surface area contributed by atoms with Crippen molar-refractivity contribution in [2.24, 2.45) is 0 Å². The molecule has 0 aliphatic carbocycles. The standard InChI is InChI=1S/C13H16BrClFNO3S/c1-3-4-5-6-17(2)13(18)10-7-9(14)8-11(12(10)16)21(15,19)20/h7-8H,3-6H2,1-2H3. The molecule has 0 aromatic heterocycles. The summed E-state index contributed by atoms with van der Waals surface area (Å²) in [5, 5.41) is 0. The van der Waals surface area contributed by atoms with E-state index in [1.807, 2.05) is 6.92 Å². The van der Waals surface area contributed by atoms with Gasteiger partial charge in [-0.15, -0.1) is 0 Å². The first kappa shape index (κ1) is 18.4. The van der Waals surface area contributed by atoms with Crippen molar-refractivity contribution in [3.8, 4) is 0 Å². The highest BCUT2D eigenvalue weighted by Crippen LogP contribution is 2.27. The van der Waals surface area contributed by atoms with Crippen LogP contribution in [0.1, 0.15) is 36.5 Å². The maximum Gasteiger partial charge on any atom is 0.264 e. The summed E-state index contributed by atoms with van der Waals surface area (Å²) in [4.78, 5) is 12.9. The molecule has 0 spiro atoms. The Balaban J connectivity index is 3.13. The van der Waals surface area contributed by atoms with Crippen LogP contribution in [0.5, 0.6) is 0 Å². The Kier molecular flexibility index (Phi) is 6.62. The molecular weight excluding hydrogens is 385 g/mol. The van der Waals surface area contributed by atoms with Gasteiger partial charge in [0.2, 0.25) is 0 Å². The maximum absolute atomic E-state index is 14.2. The predicted molar refractivity (Wildman–Crippen MR) is 83.6 cm³/mol. The van der Waals surface area contributed by atoms with Gasteiger partial charge in [-0.3, -0.25) is 4.79 Å². The fourth-order valence-corrected chi connectivity index (χ4v) is 3.34. The van der Waals surface area contributed by atoms with Crippen LogP contribution in [-0.4, -0.2) is 32.8 Å². The number of benzene rings is 1. The summed E-state index contributed by atoms with van der Waals surface area (Å²) < 4.78 is 37.2. The molecule has 0 unspecified atom stereocenters. The van der Waals surface area contributed by atoms with Gasteiger partial charge in [0.05, 0.1) is 5.56 Å². The molecule has 0 bridgehead atoms. The molecule has 0 aliphatic rings. The number of nitrogens with zero attached hydrogens (tertiary/aromatic N) is 1. The second-order valence-electron chi connectivity index (χ2n) is 4.64. The van der Waals surface area contributed by atoms with Gasteiger partial charge in [0.25, 0.3) is 15.0 Å². The summed E-state index contributed by atoms with van der Waals surface area (Å²) in [6.45, 7) is 2.51. The van der Waals surface area contributed by atoms with Crippen molar-refractivity contribution >= 4 is 41.6 Å². The molecule has 0 aliphatic heterocycles. The van der Waals surface area contributed by atoms with Crippen LogP contribution in [0.3, 0.4) is 0 Å². The number of carbonyl (C=O) groups is 1. The molecule has 0 saturated carbocycles. The summed E-state index contributed by atoms with van der Waals surface area (Å²) in [6.07, 6.45) is 2.76. The van der Waals surface area contributed by atoms with Gasteiger partial charge in [0.15, 0.2) is 5.82 Å². The summed E-state index contributed by atoms with van der Waals surface area (Å²) in [6, 6.07) is 2.28. The predicted octanol–water partition coefficient (Wildman–Crippen LogP) is 3.78. The lowest BCUT2D eigenvalue weighted by molar-refractivity contribution is 0.0787. The number of carbonyl (C=O) groups excluding carboxylic acids is 1. The SMILES string of the molecule is CCCCCN(C)C(=O)c1cc(Br)cc(S(=O)(=O)Cl)c1F. The maximum atomic E-state index is 14.2. The molecule has 21 heavy (non-hydrogen) atoms. The van der Waals surface area contributed by atoms with Gasteiger partial charge in [0, 0.05) is 28.7 Å². The average molecular weight is 401 g/mol. The Labute approximate surface area is 136 Å². The molecule has 1 aromatic carbocycles. The molecule has 1 amide bonds. The zero-order valence-corrected chi connectivity index (χ0v) is 14.9. The van der Waals surface area contributed by atoms with Gasteiger partial charge in [-0.25, -0.2) is 12.8 Å². The first-order valence-corrected chi connectivity index (χ1v) is 9.48. The average Bonchev–Trinajstić information content (AvgIpc) is 2.39. The fourth-order valence-electron chi connectivity index (χ4n) is 1.80. The zero-order chi connectivity index (χ0) is 16.2. The summed E-state index contributed by atoms with van der Waals surface area (Å²) in [5.74, 6) is -1.70. The Morgan fingerprint density at radius 2 is 2.00 bits per heavy atom. The van der Waals surface area contributed by atoms with Crippen molar-refractivity contribution in [3.05, 3.63) is 28.0 Å². The van der Waals surface area contributed by atoms with Crippen LogP contribution in [0.25, 0.3) is 0 Å². The van der Waals surface area contributed by atoms with Crippen molar-refractivity contribution < 1.29 is 17.6 Å². The minimum absolute atomic E-state index is 0.272. The summed E-state index contributed by atoms with van der Waals surface area (Å²) in [7, 11) is 2.47. The highest BCUT2D eigenvalue weighted by atomic mass is 79.9. The van der Waals surface area contributed by atoms with E-state index >= 15 is 0 Å².